The molecule has 2 aliphatic heterocycles. The van der Waals surface area contributed by atoms with Crippen molar-refractivity contribution >= 4 is 6.09 Å². The molecule has 0 saturated carbocycles. The first-order valence-corrected chi connectivity index (χ1v) is 5.29. The van der Waals surface area contributed by atoms with E-state index in [-0.39, 0.29) is 12.0 Å². The van der Waals surface area contributed by atoms with Crippen LogP contribution in [0.2, 0.25) is 0 Å². The van der Waals surface area contributed by atoms with Gasteiger partial charge < -0.3 is 18.9 Å². The SMILES string of the molecule is COC(OC)C12CC(OC(=O)N1)C(C)CO2. The zero-order valence-corrected chi connectivity index (χ0v) is 9.69. The van der Waals surface area contributed by atoms with Gasteiger partial charge in [-0.3, -0.25) is 5.32 Å². The Morgan fingerprint density at radius 1 is 1.50 bits per heavy atom. The molecule has 0 spiro atoms. The van der Waals surface area contributed by atoms with Gasteiger partial charge >= 0.3 is 6.09 Å². The molecule has 6 nitrogen and oxygen atoms in total. The lowest BCUT2D eigenvalue weighted by atomic mass is 9.91. The lowest BCUT2D eigenvalue weighted by molar-refractivity contribution is -0.287. The maximum absolute atomic E-state index is 11.4. The molecule has 0 aromatic carbocycles. The van der Waals surface area contributed by atoms with Gasteiger partial charge in [-0.1, -0.05) is 6.92 Å². The number of hydrogen-bond donors (Lipinski definition) is 1. The zero-order chi connectivity index (χ0) is 11.8. The van der Waals surface area contributed by atoms with Gasteiger partial charge in [0, 0.05) is 26.6 Å². The molecule has 1 N–H and O–H groups in total. The smallest absolute Gasteiger partial charge is 0.409 e. The standard InChI is InChI=1S/C10H17NO5/c1-6-5-15-10(8(13-2)14-3)4-7(6)16-9(12)11-10/h6-8H,4-5H2,1-3H3,(H,11,12). The summed E-state index contributed by atoms with van der Waals surface area (Å²) < 4.78 is 21.3. The average Bonchev–Trinajstić information content (AvgIpc) is 2.25. The summed E-state index contributed by atoms with van der Waals surface area (Å²) in [4.78, 5) is 11.4. The molecule has 2 fully saturated rings. The van der Waals surface area contributed by atoms with Crippen LogP contribution in [0.25, 0.3) is 0 Å². The lowest BCUT2D eigenvalue weighted by Gasteiger charge is -2.49. The number of amides is 1. The molecule has 16 heavy (non-hydrogen) atoms. The van der Waals surface area contributed by atoms with Crippen LogP contribution in [0.1, 0.15) is 13.3 Å². The van der Waals surface area contributed by atoms with E-state index in [1.807, 2.05) is 6.92 Å². The van der Waals surface area contributed by atoms with Crippen LogP contribution in [0.3, 0.4) is 0 Å². The van der Waals surface area contributed by atoms with Crippen molar-refractivity contribution in [1.82, 2.24) is 5.32 Å². The number of nitrogens with one attached hydrogen (secondary N) is 1. The number of ether oxygens (including phenoxy) is 4. The van der Waals surface area contributed by atoms with E-state index in [9.17, 15) is 4.79 Å². The second kappa shape index (κ2) is 4.20. The van der Waals surface area contributed by atoms with Gasteiger partial charge in [0.2, 0.25) is 6.29 Å². The molecular formula is C10H17NO5. The van der Waals surface area contributed by atoms with Crippen molar-refractivity contribution < 1.29 is 23.7 Å². The predicted molar refractivity (Wildman–Crippen MR) is 53.7 cm³/mol. The number of carbonyl (C=O) groups excluding carboxylic acids is 1. The average molecular weight is 231 g/mol. The number of fused-ring (bicyclic) bond motifs is 2. The molecule has 0 aliphatic carbocycles. The summed E-state index contributed by atoms with van der Waals surface area (Å²) in [5.41, 5.74) is -0.921. The Balaban J connectivity index is 2.21. The van der Waals surface area contributed by atoms with Gasteiger partial charge in [0.25, 0.3) is 0 Å². The van der Waals surface area contributed by atoms with E-state index in [0.29, 0.717) is 13.0 Å². The number of carbonyl (C=O) groups is 1. The van der Waals surface area contributed by atoms with Crippen molar-refractivity contribution in [2.45, 2.75) is 31.5 Å². The van der Waals surface area contributed by atoms with E-state index in [4.69, 9.17) is 18.9 Å². The largest absolute Gasteiger partial charge is 0.446 e. The second-order valence-electron chi connectivity index (χ2n) is 4.25. The van der Waals surface area contributed by atoms with Crippen LogP contribution in [0.4, 0.5) is 4.79 Å². The molecule has 0 radical (unpaired) electrons. The quantitative estimate of drug-likeness (QED) is 0.715. The topological polar surface area (TPSA) is 66.0 Å². The summed E-state index contributed by atoms with van der Waals surface area (Å²) in [6, 6.07) is 0. The predicted octanol–water partition coefficient (Wildman–Crippen LogP) is 0.466. The fourth-order valence-electron chi connectivity index (χ4n) is 2.23. The van der Waals surface area contributed by atoms with E-state index in [2.05, 4.69) is 5.32 Å². The van der Waals surface area contributed by atoms with Crippen molar-refractivity contribution in [1.29, 1.82) is 0 Å². The molecule has 92 valence electrons. The zero-order valence-electron chi connectivity index (χ0n) is 9.69. The minimum absolute atomic E-state index is 0.143. The molecule has 2 rings (SSSR count). The molecule has 0 aromatic heterocycles. The summed E-state index contributed by atoms with van der Waals surface area (Å²) in [5, 5.41) is 2.65. The van der Waals surface area contributed by atoms with Crippen molar-refractivity contribution in [3.05, 3.63) is 0 Å². The molecule has 1 amide bonds. The Bertz CT molecular complexity index is 280. The van der Waals surface area contributed by atoms with E-state index in [0.717, 1.165) is 0 Å². The third-order valence-electron chi connectivity index (χ3n) is 3.12. The molecule has 0 aromatic rings. The Kier molecular flexibility index (Phi) is 3.05. The fraction of sp³-hybridized carbons (Fsp3) is 0.900. The molecular weight excluding hydrogens is 214 g/mol. The van der Waals surface area contributed by atoms with Crippen molar-refractivity contribution in [2.24, 2.45) is 5.92 Å². The third kappa shape index (κ3) is 1.77. The summed E-state index contributed by atoms with van der Waals surface area (Å²) in [5.74, 6) is 0.188. The van der Waals surface area contributed by atoms with E-state index < -0.39 is 18.1 Å². The second-order valence-corrected chi connectivity index (χ2v) is 4.25. The van der Waals surface area contributed by atoms with Crippen molar-refractivity contribution in [2.75, 3.05) is 20.8 Å². The van der Waals surface area contributed by atoms with E-state index >= 15 is 0 Å². The highest BCUT2D eigenvalue weighted by atomic mass is 16.7. The first-order chi connectivity index (χ1) is 7.61. The van der Waals surface area contributed by atoms with E-state index in [1.165, 1.54) is 14.2 Å². The van der Waals surface area contributed by atoms with Crippen molar-refractivity contribution in [3.8, 4) is 0 Å². The van der Waals surface area contributed by atoms with Crippen molar-refractivity contribution in [3.63, 3.8) is 0 Å². The van der Waals surface area contributed by atoms with Gasteiger partial charge in [-0.05, 0) is 0 Å². The Hall–Kier alpha value is -0.850. The Morgan fingerprint density at radius 3 is 2.81 bits per heavy atom. The van der Waals surface area contributed by atoms with Crippen LogP contribution in [0.15, 0.2) is 0 Å². The summed E-state index contributed by atoms with van der Waals surface area (Å²) in [7, 11) is 3.03. The van der Waals surface area contributed by atoms with Crippen LogP contribution in [-0.2, 0) is 18.9 Å². The van der Waals surface area contributed by atoms with Crippen LogP contribution in [0.5, 0.6) is 0 Å². The first kappa shape index (κ1) is 11.6. The van der Waals surface area contributed by atoms with Crippen LogP contribution in [-0.4, -0.2) is 45.0 Å². The third-order valence-corrected chi connectivity index (χ3v) is 3.12. The molecule has 2 heterocycles. The molecule has 2 bridgehead atoms. The summed E-state index contributed by atoms with van der Waals surface area (Å²) in [6.45, 7) is 2.50. The van der Waals surface area contributed by atoms with E-state index in [1.54, 1.807) is 0 Å². The maximum Gasteiger partial charge on any atom is 0.409 e. The normalized spacial score (nSPS) is 38.1. The van der Waals surface area contributed by atoms with Crippen LogP contribution < -0.4 is 5.32 Å². The lowest BCUT2D eigenvalue weighted by Crippen LogP contribution is -2.68. The van der Waals surface area contributed by atoms with Crippen LogP contribution >= 0.6 is 0 Å². The highest BCUT2D eigenvalue weighted by molar-refractivity contribution is 5.69. The number of alkyl carbamates (subject to hydrolysis) is 1. The Morgan fingerprint density at radius 2 is 2.19 bits per heavy atom. The molecule has 2 saturated heterocycles. The van der Waals surface area contributed by atoms with Gasteiger partial charge in [-0.2, -0.15) is 0 Å². The minimum Gasteiger partial charge on any atom is -0.446 e. The number of methoxy groups -OCH3 is 2. The number of hydrogen-bond acceptors (Lipinski definition) is 5. The monoisotopic (exact) mass is 231 g/mol. The Labute approximate surface area is 94.2 Å². The molecule has 6 heteroatoms. The van der Waals surface area contributed by atoms with Gasteiger partial charge in [-0.25, -0.2) is 4.79 Å². The summed E-state index contributed by atoms with van der Waals surface area (Å²) in [6.07, 6.45) is -0.723. The molecule has 3 atom stereocenters. The maximum atomic E-state index is 11.4. The highest BCUT2D eigenvalue weighted by Gasteiger charge is 2.53. The first-order valence-electron chi connectivity index (χ1n) is 5.29. The minimum atomic E-state index is -0.921. The highest BCUT2D eigenvalue weighted by Crippen LogP contribution is 2.35. The summed E-state index contributed by atoms with van der Waals surface area (Å²) >= 11 is 0. The molecule has 2 aliphatic rings. The number of rotatable bonds is 3. The van der Waals surface area contributed by atoms with Gasteiger partial charge in [-0.15, -0.1) is 0 Å². The fourth-order valence-corrected chi connectivity index (χ4v) is 2.23. The van der Waals surface area contributed by atoms with Gasteiger partial charge in [0.1, 0.15) is 6.10 Å². The van der Waals surface area contributed by atoms with Gasteiger partial charge in [0.05, 0.1) is 6.61 Å². The molecule has 3 unspecified atom stereocenters. The van der Waals surface area contributed by atoms with Crippen LogP contribution in [0, 0.1) is 5.92 Å². The van der Waals surface area contributed by atoms with Gasteiger partial charge in [0.15, 0.2) is 5.72 Å².